The van der Waals surface area contributed by atoms with Gasteiger partial charge < -0.3 is 10.7 Å². The van der Waals surface area contributed by atoms with Crippen molar-refractivity contribution in [3.63, 3.8) is 0 Å². The molecule has 1 aromatic rings. The van der Waals surface area contributed by atoms with Crippen LogP contribution in [0.2, 0.25) is 0 Å². The number of anilines is 1. The summed E-state index contributed by atoms with van der Waals surface area (Å²) in [5.74, 6) is 5.17. The number of carbonyl (C=O) groups is 1. The van der Waals surface area contributed by atoms with E-state index in [9.17, 15) is 4.79 Å². The molecule has 8 heteroatoms. The van der Waals surface area contributed by atoms with Crippen molar-refractivity contribution in [2.24, 2.45) is 10.8 Å². The van der Waals surface area contributed by atoms with Crippen LogP contribution < -0.4 is 16.6 Å². The van der Waals surface area contributed by atoms with Crippen molar-refractivity contribution in [3.05, 3.63) is 5.69 Å². The second-order valence-corrected chi connectivity index (χ2v) is 1.93. The molecule has 0 amide bonds. The molecule has 0 spiro atoms. The SMILES string of the molecule is NNC=NCNc1nonc1C=O. The Morgan fingerprint density at radius 1 is 1.62 bits per heavy atom. The lowest BCUT2D eigenvalue weighted by atomic mass is 10.5. The van der Waals surface area contributed by atoms with Crippen molar-refractivity contribution in [1.29, 1.82) is 0 Å². The second kappa shape index (κ2) is 4.83. The second-order valence-electron chi connectivity index (χ2n) is 1.93. The van der Waals surface area contributed by atoms with E-state index >= 15 is 0 Å². The molecule has 13 heavy (non-hydrogen) atoms. The molecule has 0 atom stereocenters. The highest BCUT2D eigenvalue weighted by Gasteiger charge is 2.06. The zero-order chi connectivity index (χ0) is 9.52. The fourth-order valence-electron chi connectivity index (χ4n) is 0.614. The Morgan fingerprint density at radius 2 is 2.46 bits per heavy atom. The summed E-state index contributed by atoms with van der Waals surface area (Å²) in [5, 5.41) is 9.44. The van der Waals surface area contributed by atoms with E-state index in [2.05, 4.69) is 30.7 Å². The number of hydrazine groups is 1. The van der Waals surface area contributed by atoms with Crippen LogP contribution in [0.3, 0.4) is 0 Å². The maximum Gasteiger partial charge on any atom is 0.203 e. The number of hydrogen-bond acceptors (Lipinski definition) is 7. The zero-order valence-electron chi connectivity index (χ0n) is 6.60. The molecule has 0 fully saturated rings. The van der Waals surface area contributed by atoms with Gasteiger partial charge in [-0.05, 0) is 10.3 Å². The summed E-state index contributed by atoms with van der Waals surface area (Å²) in [6.07, 6.45) is 1.82. The fraction of sp³-hybridized carbons (Fsp3) is 0.200. The number of hydrogen-bond donors (Lipinski definition) is 3. The van der Waals surface area contributed by atoms with Gasteiger partial charge in [0.1, 0.15) is 6.67 Å². The molecule has 0 aliphatic heterocycles. The van der Waals surface area contributed by atoms with Gasteiger partial charge in [-0.25, -0.2) is 10.5 Å². The molecule has 8 nitrogen and oxygen atoms in total. The molecule has 0 saturated carbocycles. The quantitative estimate of drug-likeness (QED) is 0.172. The van der Waals surface area contributed by atoms with Crippen LogP contribution in [0.1, 0.15) is 10.5 Å². The van der Waals surface area contributed by atoms with Crippen LogP contribution in [0.4, 0.5) is 5.82 Å². The summed E-state index contributed by atoms with van der Waals surface area (Å²) in [5.41, 5.74) is 2.32. The molecule has 4 N–H and O–H groups in total. The molecule has 0 bridgehead atoms. The number of aromatic nitrogens is 2. The third kappa shape index (κ3) is 2.52. The molecule has 1 aromatic heterocycles. The number of rotatable bonds is 5. The smallest absolute Gasteiger partial charge is 0.203 e. The van der Waals surface area contributed by atoms with E-state index in [1.165, 1.54) is 6.34 Å². The number of aldehydes is 1. The minimum absolute atomic E-state index is 0.107. The van der Waals surface area contributed by atoms with Crippen LogP contribution in [-0.2, 0) is 0 Å². The highest BCUT2D eigenvalue weighted by molar-refractivity contribution is 5.78. The Labute approximate surface area is 73.1 Å². The van der Waals surface area contributed by atoms with Gasteiger partial charge in [0.25, 0.3) is 0 Å². The van der Waals surface area contributed by atoms with Gasteiger partial charge in [0, 0.05) is 0 Å². The van der Waals surface area contributed by atoms with E-state index < -0.39 is 0 Å². The molecule has 0 aliphatic carbocycles. The molecule has 70 valence electrons. The first-order chi connectivity index (χ1) is 6.38. The summed E-state index contributed by atoms with van der Waals surface area (Å²) < 4.78 is 4.31. The van der Waals surface area contributed by atoms with Crippen molar-refractivity contribution < 1.29 is 9.42 Å². The highest BCUT2D eigenvalue weighted by Crippen LogP contribution is 2.04. The standard InChI is InChI=1S/C5H8N6O2/c6-9-3-7-2-8-5-4(1-12)10-13-11-5/h1,3H,2,6H2,(H,7,9)(H,8,11). The van der Waals surface area contributed by atoms with Gasteiger partial charge in [-0.15, -0.1) is 0 Å². The van der Waals surface area contributed by atoms with Crippen LogP contribution in [-0.4, -0.2) is 29.6 Å². The van der Waals surface area contributed by atoms with E-state index in [0.717, 1.165) is 0 Å². The van der Waals surface area contributed by atoms with Crippen LogP contribution in [0.15, 0.2) is 9.62 Å². The largest absolute Gasteiger partial charge is 0.346 e. The highest BCUT2D eigenvalue weighted by atomic mass is 16.6. The number of aliphatic imine (C=N–C) groups is 1. The number of nitrogens with two attached hydrogens (primary N) is 1. The first-order valence-electron chi connectivity index (χ1n) is 3.34. The molecular weight excluding hydrogens is 176 g/mol. The lowest BCUT2D eigenvalue weighted by molar-refractivity contribution is 0.111. The summed E-state index contributed by atoms with van der Waals surface area (Å²) in [4.78, 5) is 14.0. The average Bonchev–Trinajstić information content (AvgIpc) is 2.60. The summed E-state index contributed by atoms with van der Waals surface area (Å²) in [6.45, 7) is 0.221. The van der Waals surface area contributed by atoms with Gasteiger partial charge in [0.05, 0.1) is 6.34 Å². The number of carbonyl (C=O) groups excluding carboxylic acids is 1. The topological polar surface area (TPSA) is 118 Å². The monoisotopic (exact) mass is 184 g/mol. The Hall–Kier alpha value is -1.96. The lowest BCUT2D eigenvalue weighted by Crippen LogP contribution is -2.19. The van der Waals surface area contributed by atoms with E-state index in [1.807, 2.05) is 0 Å². The average molecular weight is 184 g/mol. The maximum atomic E-state index is 10.3. The Balaban J connectivity index is 2.44. The molecule has 1 heterocycles. The summed E-state index contributed by atoms with van der Waals surface area (Å²) in [6, 6.07) is 0. The fourth-order valence-corrected chi connectivity index (χ4v) is 0.614. The molecule has 0 unspecified atom stereocenters. The number of nitrogens with zero attached hydrogens (tertiary/aromatic N) is 3. The minimum Gasteiger partial charge on any atom is -0.346 e. The Kier molecular flexibility index (Phi) is 3.39. The number of nitrogens with one attached hydrogen (secondary N) is 2. The molecule has 0 saturated heterocycles. The zero-order valence-corrected chi connectivity index (χ0v) is 6.60. The predicted octanol–water partition coefficient (Wildman–Crippen LogP) is -1.26. The van der Waals surface area contributed by atoms with Gasteiger partial charge >= 0.3 is 0 Å². The summed E-state index contributed by atoms with van der Waals surface area (Å²) >= 11 is 0. The minimum atomic E-state index is 0.107. The summed E-state index contributed by atoms with van der Waals surface area (Å²) in [7, 11) is 0. The Bertz CT molecular complexity index is 295. The van der Waals surface area contributed by atoms with Gasteiger partial charge in [0.15, 0.2) is 12.0 Å². The maximum absolute atomic E-state index is 10.3. The normalized spacial score (nSPS) is 10.2. The van der Waals surface area contributed by atoms with Crippen molar-refractivity contribution in [2.45, 2.75) is 0 Å². The van der Waals surface area contributed by atoms with E-state index in [0.29, 0.717) is 6.29 Å². The molecule has 0 aromatic carbocycles. The molecule has 1 rings (SSSR count). The van der Waals surface area contributed by atoms with E-state index in [4.69, 9.17) is 5.84 Å². The van der Waals surface area contributed by atoms with Gasteiger partial charge in [-0.2, -0.15) is 0 Å². The third-order valence-electron chi connectivity index (χ3n) is 1.13. The molecule has 0 aliphatic rings. The van der Waals surface area contributed by atoms with Gasteiger partial charge in [-0.1, -0.05) is 0 Å². The van der Waals surface area contributed by atoms with Crippen molar-refractivity contribution in [3.8, 4) is 0 Å². The van der Waals surface area contributed by atoms with Gasteiger partial charge in [-0.3, -0.25) is 9.79 Å². The van der Waals surface area contributed by atoms with Crippen LogP contribution in [0.25, 0.3) is 0 Å². The van der Waals surface area contributed by atoms with Gasteiger partial charge in [0.2, 0.25) is 5.82 Å². The first-order valence-corrected chi connectivity index (χ1v) is 3.34. The van der Waals surface area contributed by atoms with Crippen LogP contribution in [0.5, 0.6) is 0 Å². The van der Waals surface area contributed by atoms with Crippen molar-refractivity contribution >= 4 is 18.4 Å². The Morgan fingerprint density at radius 3 is 3.15 bits per heavy atom. The molecule has 0 radical (unpaired) electrons. The predicted molar refractivity (Wildman–Crippen MR) is 44.0 cm³/mol. The van der Waals surface area contributed by atoms with E-state index in [-0.39, 0.29) is 18.2 Å². The van der Waals surface area contributed by atoms with Crippen molar-refractivity contribution in [2.75, 3.05) is 12.0 Å². The van der Waals surface area contributed by atoms with E-state index in [1.54, 1.807) is 0 Å². The van der Waals surface area contributed by atoms with Crippen LogP contribution >= 0.6 is 0 Å². The lowest BCUT2D eigenvalue weighted by Gasteiger charge is -1.95. The van der Waals surface area contributed by atoms with Crippen molar-refractivity contribution in [1.82, 2.24) is 15.7 Å². The molecular formula is C5H8N6O2. The van der Waals surface area contributed by atoms with Crippen LogP contribution in [0, 0.1) is 0 Å². The third-order valence-corrected chi connectivity index (χ3v) is 1.13. The first kappa shape index (κ1) is 9.13.